The quantitative estimate of drug-likeness (QED) is 0.623. The van der Waals surface area contributed by atoms with Crippen molar-refractivity contribution in [3.63, 3.8) is 0 Å². The van der Waals surface area contributed by atoms with Gasteiger partial charge in [-0.05, 0) is 6.07 Å². The fourth-order valence-corrected chi connectivity index (χ4v) is 2.73. The summed E-state index contributed by atoms with van der Waals surface area (Å²) in [6.45, 7) is 0.176. The zero-order valence-corrected chi connectivity index (χ0v) is 12.8. The topological polar surface area (TPSA) is 88.0 Å². The number of hydrogen-bond donors (Lipinski definition) is 2. The van der Waals surface area contributed by atoms with Crippen LogP contribution < -0.4 is 10.2 Å². The minimum Gasteiger partial charge on any atom is -0.379 e. The average Bonchev–Trinajstić information content (AvgIpc) is 2.82. The van der Waals surface area contributed by atoms with Crippen molar-refractivity contribution in [2.45, 2.75) is 12.6 Å². The standard InChI is InChI=1S/C12H9ClF3N3O3S/c13-8-4-9(17-2-1-6-5-23-11(20)18-6)10(19(21)22)3-7(8)12(14,15)16/h3-5,17H,1-2H2,(H,18,20). The molecule has 11 heteroatoms. The zero-order valence-electron chi connectivity index (χ0n) is 11.2. The molecule has 0 fully saturated rings. The molecule has 1 heterocycles. The first-order valence-corrected chi connectivity index (χ1v) is 7.40. The number of nitrogens with one attached hydrogen (secondary N) is 2. The molecule has 0 aliphatic heterocycles. The van der Waals surface area contributed by atoms with E-state index in [9.17, 15) is 28.1 Å². The predicted molar refractivity (Wildman–Crippen MR) is 80.2 cm³/mol. The van der Waals surface area contributed by atoms with E-state index in [0.717, 1.165) is 17.4 Å². The maximum atomic E-state index is 12.7. The van der Waals surface area contributed by atoms with E-state index >= 15 is 0 Å². The average molecular weight is 368 g/mol. The van der Waals surface area contributed by atoms with Gasteiger partial charge in [-0.25, -0.2) is 0 Å². The van der Waals surface area contributed by atoms with Crippen molar-refractivity contribution >= 4 is 34.3 Å². The van der Waals surface area contributed by atoms with Gasteiger partial charge in [0.05, 0.1) is 15.5 Å². The van der Waals surface area contributed by atoms with Crippen LogP contribution in [0.3, 0.4) is 0 Å². The molecule has 0 bridgehead atoms. The SMILES string of the molecule is O=c1[nH]c(CCNc2cc(Cl)c(C(F)(F)F)cc2[N+](=O)[O-])cs1. The van der Waals surface area contributed by atoms with E-state index in [1.165, 1.54) is 0 Å². The number of anilines is 1. The molecule has 0 amide bonds. The summed E-state index contributed by atoms with van der Waals surface area (Å²) in [7, 11) is 0. The van der Waals surface area contributed by atoms with Gasteiger partial charge in [-0.2, -0.15) is 13.2 Å². The summed E-state index contributed by atoms with van der Waals surface area (Å²) >= 11 is 6.53. The largest absolute Gasteiger partial charge is 0.418 e. The van der Waals surface area contributed by atoms with E-state index in [1.54, 1.807) is 5.38 Å². The Labute approximate surface area is 136 Å². The highest BCUT2D eigenvalue weighted by molar-refractivity contribution is 7.07. The van der Waals surface area contributed by atoms with Crippen LogP contribution in [-0.4, -0.2) is 16.5 Å². The Kier molecular flexibility index (Phi) is 4.95. The summed E-state index contributed by atoms with van der Waals surface area (Å²) in [5.74, 6) is 0. The lowest BCUT2D eigenvalue weighted by Crippen LogP contribution is -2.11. The van der Waals surface area contributed by atoms with Crippen molar-refractivity contribution in [3.8, 4) is 0 Å². The van der Waals surface area contributed by atoms with Crippen LogP contribution in [0.5, 0.6) is 0 Å². The normalized spacial score (nSPS) is 11.5. The van der Waals surface area contributed by atoms with Crippen LogP contribution in [0.1, 0.15) is 11.3 Å². The molecule has 2 N–H and O–H groups in total. The second-order valence-corrected chi connectivity index (χ2v) is 5.70. The molecule has 2 aromatic rings. The number of hydrogen-bond acceptors (Lipinski definition) is 5. The number of nitro groups is 1. The molecular formula is C12H9ClF3N3O3S. The number of H-pyrrole nitrogens is 1. The van der Waals surface area contributed by atoms with E-state index in [2.05, 4.69) is 10.3 Å². The highest BCUT2D eigenvalue weighted by Gasteiger charge is 2.36. The highest BCUT2D eigenvalue weighted by Crippen LogP contribution is 2.40. The smallest absolute Gasteiger partial charge is 0.379 e. The van der Waals surface area contributed by atoms with Crippen LogP contribution in [0.15, 0.2) is 22.3 Å². The highest BCUT2D eigenvalue weighted by atomic mass is 35.5. The number of aromatic amines is 1. The third kappa shape index (κ3) is 4.23. The zero-order chi connectivity index (χ0) is 17.2. The van der Waals surface area contributed by atoms with Crippen LogP contribution in [0.2, 0.25) is 5.02 Å². The number of alkyl halides is 3. The molecule has 0 radical (unpaired) electrons. The first-order valence-electron chi connectivity index (χ1n) is 6.14. The number of nitro benzene ring substituents is 1. The van der Waals surface area contributed by atoms with Crippen LogP contribution in [0, 0.1) is 10.1 Å². The summed E-state index contributed by atoms with van der Waals surface area (Å²) in [6.07, 6.45) is -4.44. The molecule has 0 aliphatic rings. The minimum atomic E-state index is -4.78. The van der Waals surface area contributed by atoms with E-state index in [-0.39, 0.29) is 17.1 Å². The third-order valence-electron chi connectivity index (χ3n) is 2.87. The van der Waals surface area contributed by atoms with E-state index in [4.69, 9.17) is 11.6 Å². The van der Waals surface area contributed by atoms with Gasteiger partial charge in [-0.3, -0.25) is 14.9 Å². The maximum Gasteiger partial charge on any atom is 0.418 e. The van der Waals surface area contributed by atoms with Crippen molar-refractivity contribution in [1.82, 2.24) is 4.98 Å². The van der Waals surface area contributed by atoms with Crippen molar-refractivity contribution in [3.05, 3.63) is 53.6 Å². The first-order chi connectivity index (χ1) is 10.7. The molecule has 124 valence electrons. The molecule has 0 spiro atoms. The molecule has 1 aromatic carbocycles. The van der Waals surface area contributed by atoms with E-state index in [1.807, 2.05) is 0 Å². The molecule has 0 atom stereocenters. The molecule has 0 saturated carbocycles. The Morgan fingerprint density at radius 1 is 1.39 bits per heavy atom. The number of benzene rings is 1. The van der Waals surface area contributed by atoms with Gasteiger partial charge in [0.2, 0.25) is 0 Å². The number of rotatable bonds is 5. The molecule has 1 aromatic heterocycles. The van der Waals surface area contributed by atoms with Crippen LogP contribution in [0.25, 0.3) is 0 Å². The number of thiazole rings is 1. The van der Waals surface area contributed by atoms with Gasteiger partial charge in [-0.1, -0.05) is 22.9 Å². The van der Waals surface area contributed by atoms with Crippen LogP contribution in [0.4, 0.5) is 24.5 Å². The van der Waals surface area contributed by atoms with E-state index < -0.39 is 27.4 Å². The molecule has 0 aliphatic carbocycles. The van der Waals surface area contributed by atoms with Gasteiger partial charge in [-0.15, -0.1) is 0 Å². The Morgan fingerprint density at radius 2 is 2.09 bits per heavy atom. The van der Waals surface area contributed by atoms with Gasteiger partial charge in [0.1, 0.15) is 5.69 Å². The van der Waals surface area contributed by atoms with Crippen molar-refractivity contribution < 1.29 is 18.1 Å². The summed E-state index contributed by atoms with van der Waals surface area (Å²) < 4.78 is 38.2. The number of nitrogens with zero attached hydrogens (tertiary/aromatic N) is 1. The molecule has 23 heavy (non-hydrogen) atoms. The molecule has 0 saturated heterocycles. The summed E-state index contributed by atoms with van der Waals surface area (Å²) in [5.41, 5.74) is -1.49. The van der Waals surface area contributed by atoms with Gasteiger partial charge in [0, 0.05) is 30.1 Å². The van der Waals surface area contributed by atoms with Crippen molar-refractivity contribution in [2.24, 2.45) is 0 Å². The Morgan fingerprint density at radius 3 is 2.61 bits per heavy atom. The van der Waals surface area contributed by atoms with Crippen LogP contribution >= 0.6 is 22.9 Å². The van der Waals surface area contributed by atoms with Crippen molar-refractivity contribution in [2.75, 3.05) is 11.9 Å². The summed E-state index contributed by atoms with van der Waals surface area (Å²) in [6, 6.07) is 1.27. The fourth-order valence-electron chi connectivity index (χ4n) is 1.84. The fraction of sp³-hybridized carbons (Fsp3) is 0.250. The lowest BCUT2D eigenvalue weighted by molar-refractivity contribution is -0.384. The Balaban J connectivity index is 2.22. The first kappa shape index (κ1) is 17.3. The third-order valence-corrected chi connectivity index (χ3v) is 3.90. The Bertz CT molecular complexity index is 788. The lowest BCUT2D eigenvalue weighted by atomic mass is 10.1. The predicted octanol–water partition coefficient (Wildman–Crippen LogP) is 3.67. The molecule has 6 nitrogen and oxygen atoms in total. The Hall–Kier alpha value is -2.07. The second-order valence-electron chi connectivity index (χ2n) is 4.45. The summed E-state index contributed by atoms with van der Waals surface area (Å²) in [5, 5.41) is 14.6. The number of aromatic nitrogens is 1. The van der Waals surface area contributed by atoms with Gasteiger partial charge >= 0.3 is 11.0 Å². The minimum absolute atomic E-state index is 0.120. The van der Waals surface area contributed by atoms with Gasteiger partial charge in [0.25, 0.3) is 5.69 Å². The van der Waals surface area contributed by atoms with E-state index in [0.29, 0.717) is 18.2 Å². The van der Waals surface area contributed by atoms with Crippen LogP contribution in [-0.2, 0) is 12.6 Å². The molecule has 2 rings (SSSR count). The second kappa shape index (κ2) is 6.59. The lowest BCUT2D eigenvalue weighted by Gasteiger charge is -2.12. The number of halogens is 4. The monoisotopic (exact) mass is 367 g/mol. The summed E-state index contributed by atoms with van der Waals surface area (Å²) in [4.78, 5) is 23.3. The van der Waals surface area contributed by atoms with Gasteiger partial charge < -0.3 is 10.3 Å². The molecular weight excluding hydrogens is 359 g/mol. The maximum absolute atomic E-state index is 12.7. The van der Waals surface area contributed by atoms with Gasteiger partial charge in [0.15, 0.2) is 0 Å². The van der Waals surface area contributed by atoms with Crippen molar-refractivity contribution in [1.29, 1.82) is 0 Å². The molecule has 0 unspecified atom stereocenters.